The quantitative estimate of drug-likeness (QED) is 0.630. The number of carbonyl (C=O) groups excluding carboxylic acids is 2. The Morgan fingerprint density at radius 2 is 1.27 bits per heavy atom. The number of aliphatic hydroxyl groups is 2. The number of fused-ring (bicyclic) bond motifs is 2. The van der Waals surface area contributed by atoms with Gasteiger partial charge < -0.3 is 19.7 Å². The lowest BCUT2D eigenvalue weighted by Crippen LogP contribution is -2.46. The maximum atomic E-state index is 11.3. The fourth-order valence-electron chi connectivity index (χ4n) is 3.66. The number of benzene rings is 1. The van der Waals surface area contributed by atoms with Crippen LogP contribution in [0.2, 0.25) is 0 Å². The lowest BCUT2D eigenvalue weighted by molar-refractivity contribution is -0.133. The average molecular weight is 306 g/mol. The van der Waals surface area contributed by atoms with Gasteiger partial charge in [-0.3, -0.25) is 9.59 Å². The van der Waals surface area contributed by atoms with Crippen molar-refractivity contribution in [2.24, 2.45) is 0 Å². The third kappa shape index (κ3) is 2.28. The Morgan fingerprint density at radius 1 is 0.909 bits per heavy atom. The average Bonchev–Trinajstić information content (AvgIpc) is 2.44. The minimum Gasteiger partial charge on any atom is -0.426 e. The summed E-state index contributed by atoms with van der Waals surface area (Å²) in [5, 5.41) is 20.5. The molecule has 0 aliphatic heterocycles. The summed E-state index contributed by atoms with van der Waals surface area (Å²) in [4.78, 5) is 22.6. The van der Waals surface area contributed by atoms with E-state index in [0.29, 0.717) is 35.5 Å². The van der Waals surface area contributed by atoms with Gasteiger partial charge in [-0.25, -0.2) is 0 Å². The number of esters is 2. The van der Waals surface area contributed by atoms with E-state index < -0.39 is 24.1 Å². The van der Waals surface area contributed by atoms with Crippen molar-refractivity contribution in [1.29, 1.82) is 0 Å². The van der Waals surface area contributed by atoms with E-state index >= 15 is 0 Å². The molecule has 1 aromatic carbocycles. The second-order valence-corrected chi connectivity index (χ2v) is 5.85. The molecule has 0 spiro atoms. The van der Waals surface area contributed by atoms with Gasteiger partial charge in [0.2, 0.25) is 0 Å². The van der Waals surface area contributed by atoms with E-state index in [0.717, 1.165) is 0 Å². The van der Waals surface area contributed by atoms with Gasteiger partial charge in [-0.15, -0.1) is 0 Å². The fourth-order valence-corrected chi connectivity index (χ4v) is 3.66. The third-order valence-corrected chi connectivity index (χ3v) is 4.42. The van der Waals surface area contributed by atoms with E-state index in [2.05, 4.69) is 0 Å². The van der Waals surface area contributed by atoms with Crippen molar-refractivity contribution < 1.29 is 29.3 Å². The van der Waals surface area contributed by atoms with Crippen LogP contribution in [0.3, 0.4) is 0 Å². The van der Waals surface area contributed by atoms with E-state index in [4.69, 9.17) is 9.47 Å². The summed E-state index contributed by atoms with van der Waals surface area (Å²) in [6.45, 7) is 2.61. The molecule has 0 radical (unpaired) electrons. The van der Waals surface area contributed by atoms with E-state index in [9.17, 15) is 19.8 Å². The molecule has 3 aliphatic rings. The fraction of sp³-hybridized carbons (Fsp3) is 0.500. The molecule has 4 rings (SSSR count). The highest BCUT2D eigenvalue weighted by Gasteiger charge is 2.48. The molecule has 6 nitrogen and oxygen atoms in total. The summed E-state index contributed by atoms with van der Waals surface area (Å²) in [5.41, 5.74) is 1.34. The molecule has 2 bridgehead atoms. The lowest BCUT2D eigenvalue weighted by atomic mass is 9.63. The van der Waals surface area contributed by atoms with Gasteiger partial charge in [0.05, 0.1) is 12.2 Å². The van der Waals surface area contributed by atoms with Gasteiger partial charge in [-0.1, -0.05) is 0 Å². The standard InChI is InChI=1S/C16H18O6/c1-7(17)21-11-5-6-12(22-8(2)18)14-10-4-3-9(13(11)14)15(19)16(10)20/h5-6,9-10,15-16,19-20H,3-4H2,1-2H3/t9-,10+,15-,16+. The van der Waals surface area contributed by atoms with Gasteiger partial charge in [-0.05, 0) is 25.0 Å². The van der Waals surface area contributed by atoms with E-state index in [1.807, 2.05) is 0 Å². The Morgan fingerprint density at radius 3 is 1.59 bits per heavy atom. The Labute approximate surface area is 127 Å². The molecule has 0 heterocycles. The van der Waals surface area contributed by atoms with Crippen molar-refractivity contribution in [3.63, 3.8) is 0 Å². The Bertz CT molecular complexity index is 583. The van der Waals surface area contributed by atoms with Crippen LogP contribution in [0.1, 0.15) is 49.7 Å². The van der Waals surface area contributed by atoms with Crippen LogP contribution >= 0.6 is 0 Å². The molecular weight excluding hydrogens is 288 g/mol. The van der Waals surface area contributed by atoms with E-state index in [1.165, 1.54) is 13.8 Å². The molecule has 0 amide bonds. The van der Waals surface area contributed by atoms with Crippen LogP contribution in [0.15, 0.2) is 12.1 Å². The SMILES string of the molecule is CC(=O)Oc1ccc(OC(C)=O)c2c1[C@H]1CC[C@@H]2[C@H](O)[C@@H]1O. The first-order valence-electron chi connectivity index (χ1n) is 7.30. The topological polar surface area (TPSA) is 93.1 Å². The summed E-state index contributed by atoms with van der Waals surface area (Å²) < 4.78 is 10.5. The first-order valence-corrected chi connectivity index (χ1v) is 7.30. The van der Waals surface area contributed by atoms with Crippen molar-refractivity contribution >= 4 is 11.9 Å². The van der Waals surface area contributed by atoms with Crippen LogP contribution in [0.4, 0.5) is 0 Å². The van der Waals surface area contributed by atoms with Crippen LogP contribution in [0.5, 0.6) is 11.5 Å². The van der Waals surface area contributed by atoms with E-state index in [1.54, 1.807) is 12.1 Å². The molecule has 0 aromatic heterocycles. The largest absolute Gasteiger partial charge is 0.426 e. The number of aliphatic hydroxyl groups excluding tert-OH is 2. The minimum absolute atomic E-state index is 0.333. The molecule has 6 heteroatoms. The summed E-state index contributed by atoms with van der Waals surface area (Å²) in [6, 6.07) is 3.14. The smallest absolute Gasteiger partial charge is 0.308 e. The maximum absolute atomic E-state index is 11.3. The molecule has 2 N–H and O–H groups in total. The monoisotopic (exact) mass is 306 g/mol. The first-order chi connectivity index (χ1) is 10.4. The molecule has 118 valence electrons. The molecule has 1 saturated carbocycles. The van der Waals surface area contributed by atoms with Crippen molar-refractivity contribution in [2.75, 3.05) is 0 Å². The molecular formula is C16H18O6. The predicted octanol–water partition coefficient (Wildman–Crippen LogP) is 1.23. The van der Waals surface area contributed by atoms with Gasteiger partial charge in [0.25, 0.3) is 0 Å². The molecule has 0 unspecified atom stereocenters. The summed E-state index contributed by atoms with van der Waals surface area (Å²) in [6.07, 6.45) is -0.442. The number of rotatable bonds is 2. The number of ether oxygens (including phenoxy) is 2. The zero-order chi connectivity index (χ0) is 16.0. The van der Waals surface area contributed by atoms with Crippen molar-refractivity contribution in [3.8, 4) is 11.5 Å². The van der Waals surface area contributed by atoms with Gasteiger partial charge in [0, 0.05) is 36.8 Å². The Balaban J connectivity index is 2.17. The van der Waals surface area contributed by atoms with Crippen LogP contribution in [-0.4, -0.2) is 34.4 Å². The predicted molar refractivity (Wildman–Crippen MR) is 75.8 cm³/mol. The zero-order valence-electron chi connectivity index (χ0n) is 12.4. The Kier molecular flexibility index (Phi) is 3.66. The molecule has 4 atom stereocenters. The van der Waals surface area contributed by atoms with Crippen molar-refractivity contribution in [2.45, 2.75) is 50.7 Å². The Hall–Kier alpha value is -1.92. The molecule has 0 saturated heterocycles. The summed E-state index contributed by atoms with van der Waals surface area (Å²) >= 11 is 0. The summed E-state index contributed by atoms with van der Waals surface area (Å²) in [7, 11) is 0. The first kappa shape index (κ1) is 15.0. The highest BCUT2D eigenvalue weighted by Crippen LogP contribution is 2.55. The zero-order valence-corrected chi connectivity index (χ0v) is 12.4. The van der Waals surface area contributed by atoms with Gasteiger partial charge in [0.1, 0.15) is 11.5 Å². The van der Waals surface area contributed by atoms with Gasteiger partial charge in [0.15, 0.2) is 0 Å². The maximum Gasteiger partial charge on any atom is 0.308 e. The highest BCUT2D eigenvalue weighted by molar-refractivity contribution is 5.73. The van der Waals surface area contributed by atoms with Crippen molar-refractivity contribution in [3.05, 3.63) is 23.3 Å². The second kappa shape index (κ2) is 5.37. The molecule has 22 heavy (non-hydrogen) atoms. The molecule has 1 aromatic rings. The van der Waals surface area contributed by atoms with Crippen LogP contribution in [0, 0.1) is 0 Å². The number of hydrogen-bond donors (Lipinski definition) is 2. The second-order valence-electron chi connectivity index (χ2n) is 5.85. The highest BCUT2D eigenvalue weighted by atomic mass is 16.5. The number of hydrogen-bond acceptors (Lipinski definition) is 6. The van der Waals surface area contributed by atoms with E-state index in [-0.39, 0.29) is 11.8 Å². The van der Waals surface area contributed by atoms with Crippen molar-refractivity contribution in [1.82, 2.24) is 0 Å². The van der Waals surface area contributed by atoms with Crippen LogP contribution < -0.4 is 9.47 Å². The van der Waals surface area contributed by atoms with Crippen LogP contribution in [0.25, 0.3) is 0 Å². The van der Waals surface area contributed by atoms with Crippen LogP contribution in [-0.2, 0) is 9.59 Å². The number of carbonyl (C=O) groups is 2. The lowest BCUT2D eigenvalue weighted by Gasteiger charge is -2.46. The normalized spacial score (nSPS) is 28.9. The molecule has 3 aliphatic carbocycles. The molecule has 1 fully saturated rings. The summed E-state index contributed by atoms with van der Waals surface area (Å²) in [5.74, 6) is -0.865. The minimum atomic E-state index is -0.909. The van der Waals surface area contributed by atoms with Gasteiger partial charge >= 0.3 is 11.9 Å². The third-order valence-electron chi connectivity index (χ3n) is 4.42. The van der Waals surface area contributed by atoms with Gasteiger partial charge in [-0.2, -0.15) is 0 Å².